The third-order valence-electron chi connectivity index (χ3n) is 6.06. The van der Waals surface area contributed by atoms with E-state index in [2.05, 4.69) is 27.0 Å². The van der Waals surface area contributed by atoms with E-state index in [1.807, 2.05) is 24.3 Å². The Morgan fingerprint density at radius 1 is 1.27 bits per heavy atom. The van der Waals surface area contributed by atoms with Gasteiger partial charge in [0.25, 0.3) is 0 Å². The normalized spacial score (nSPS) is 29.5. The minimum atomic E-state index is 0.245. The molecule has 26 heavy (non-hydrogen) atoms. The average Bonchev–Trinajstić information content (AvgIpc) is 3.31. The second kappa shape index (κ2) is 6.28. The molecule has 1 aromatic heterocycles. The van der Waals surface area contributed by atoms with Crippen molar-refractivity contribution >= 4 is 16.5 Å². The van der Waals surface area contributed by atoms with Crippen LogP contribution < -0.4 is 15.4 Å². The maximum absolute atomic E-state index is 5.23. The number of ether oxygens (including phenoxy) is 1. The number of nitrogens with zero attached hydrogens (tertiary/aromatic N) is 2. The van der Waals surface area contributed by atoms with Crippen molar-refractivity contribution in [1.29, 1.82) is 0 Å². The number of hydrogen-bond acceptors (Lipinski definition) is 6. The summed E-state index contributed by atoms with van der Waals surface area (Å²) in [6, 6.07) is 8.04. The molecule has 0 aliphatic carbocycles. The van der Waals surface area contributed by atoms with Gasteiger partial charge in [0.05, 0.1) is 18.3 Å². The lowest BCUT2D eigenvalue weighted by atomic mass is 9.72. The molecule has 2 N–H and O–H groups in total. The first-order chi connectivity index (χ1) is 12.7. The molecule has 0 radical (unpaired) electrons. The smallest absolute Gasteiger partial charge is 0.188 e. The fraction of sp³-hybridized carbons (Fsp3) is 0.450. The summed E-state index contributed by atoms with van der Waals surface area (Å²) in [4.78, 5) is 7.36. The summed E-state index contributed by atoms with van der Waals surface area (Å²) >= 11 is 1.65. The number of piperidine rings is 3. The zero-order valence-corrected chi connectivity index (χ0v) is 15.8. The number of benzene rings is 1. The fourth-order valence-corrected chi connectivity index (χ4v) is 5.35. The van der Waals surface area contributed by atoms with Gasteiger partial charge in [0.2, 0.25) is 0 Å². The van der Waals surface area contributed by atoms with Crippen molar-refractivity contribution in [2.75, 3.05) is 32.1 Å². The van der Waals surface area contributed by atoms with Crippen molar-refractivity contribution in [1.82, 2.24) is 15.2 Å². The van der Waals surface area contributed by atoms with Crippen molar-refractivity contribution in [2.24, 2.45) is 5.92 Å². The molecule has 136 valence electrons. The molecule has 0 amide bonds. The molecule has 4 aliphatic rings. The monoisotopic (exact) mass is 368 g/mol. The summed E-state index contributed by atoms with van der Waals surface area (Å²) in [5, 5.41) is 10.3. The second-order valence-corrected chi connectivity index (χ2v) is 8.40. The van der Waals surface area contributed by atoms with Crippen LogP contribution in [0, 0.1) is 5.92 Å². The van der Waals surface area contributed by atoms with Crippen LogP contribution in [0.3, 0.4) is 0 Å². The first kappa shape index (κ1) is 16.1. The van der Waals surface area contributed by atoms with Gasteiger partial charge in [-0.15, -0.1) is 11.3 Å². The van der Waals surface area contributed by atoms with Gasteiger partial charge >= 0.3 is 0 Å². The molecule has 1 atom stereocenters. The minimum absolute atomic E-state index is 0.245. The molecule has 0 saturated carbocycles. The Morgan fingerprint density at radius 3 is 2.77 bits per heavy atom. The van der Waals surface area contributed by atoms with Crippen LogP contribution in [0.25, 0.3) is 11.3 Å². The molecule has 3 fully saturated rings. The van der Waals surface area contributed by atoms with Gasteiger partial charge in [-0.2, -0.15) is 0 Å². The highest BCUT2D eigenvalue weighted by Gasteiger charge is 2.48. The van der Waals surface area contributed by atoms with Crippen molar-refractivity contribution in [2.45, 2.75) is 24.8 Å². The Kier molecular flexibility index (Phi) is 3.90. The van der Waals surface area contributed by atoms with Crippen LogP contribution in [0.1, 0.15) is 19.3 Å². The van der Waals surface area contributed by atoms with Crippen LogP contribution in [0.2, 0.25) is 0 Å². The highest BCUT2D eigenvalue weighted by Crippen LogP contribution is 2.41. The number of fused-ring (bicyclic) bond motifs is 2. The number of rotatable bonds is 4. The first-order valence-electron chi connectivity index (χ1n) is 9.32. The van der Waals surface area contributed by atoms with Gasteiger partial charge in [0.15, 0.2) is 5.13 Å². The van der Waals surface area contributed by atoms with Crippen LogP contribution in [-0.2, 0) is 0 Å². The molecule has 0 unspecified atom stereocenters. The maximum atomic E-state index is 5.23. The Labute approximate surface area is 158 Å². The molecule has 6 heteroatoms. The van der Waals surface area contributed by atoms with Gasteiger partial charge < -0.3 is 20.3 Å². The van der Waals surface area contributed by atoms with E-state index in [1.165, 1.54) is 32.5 Å². The second-order valence-electron chi connectivity index (χ2n) is 7.54. The Morgan fingerprint density at radius 2 is 2.08 bits per heavy atom. The summed E-state index contributed by atoms with van der Waals surface area (Å²) in [6.45, 7) is 3.72. The number of aromatic nitrogens is 1. The van der Waals surface area contributed by atoms with Crippen molar-refractivity contribution in [3.63, 3.8) is 0 Å². The molecule has 1 aromatic carbocycles. The van der Waals surface area contributed by atoms with Crippen LogP contribution in [0.5, 0.6) is 5.75 Å². The number of anilines is 1. The lowest BCUT2D eigenvalue weighted by Crippen LogP contribution is -2.64. The predicted molar refractivity (Wildman–Crippen MR) is 105 cm³/mol. The van der Waals surface area contributed by atoms with E-state index in [9.17, 15) is 0 Å². The predicted octanol–water partition coefficient (Wildman–Crippen LogP) is 3.53. The van der Waals surface area contributed by atoms with E-state index >= 15 is 0 Å². The SMILES string of the molecule is COc1ccc(-c2csc(NC3=CC[C@]4(CN5CCC4CC5)N3)n2)cc1. The fourth-order valence-electron chi connectivity index (χ4n) is 4.62. The van der Waals surface area contributed by atoms with E-state index in [0.29, 0.717) is 0 Å². The van der Waals surface area contributed by atoms with Gasteiger partial charge in [-0.25, -0.2) is 4.98 Å². The molecule has 5 heterocycles. The zero-order valence-electron chi connectivity index (χ0n) is 15.0. The Hall–Kier alpha value is -2.05. The minimum Gasteiger partial charge on any atom is -0.497 e. The number of methoxy groups -OCH3 is 1. The molecule has 2 bridgehead atoms. The van der Waals surface area contributed by atoms with Crippen molar-refractivity contribution in [3.05, 3.63) is 41.5 Å². The first-order valence-corrected chi connectivity index (χ1v) is 10.2. The summed E-state index contributed by atoms with van der Waals surface area (Å²) in [5.41, 5.74) is 2.35. The van der Waals surface area contributed by atoms with Crippen LogP contribution >= 0.6 is 11.3 Å². The van der Waals surface area contributed by atoms with Gasteiger partial charge in [0.1, 0.15) is 11.6 Å². The maximum Gasteiger partial charge on any atom is 0.188 e. The van der Waals surface area contributed by atoms with Gasteiger partial charge in [0, 0.05) is 17.5 Å². The largest absolute Gasteiger partial charge is 0.497 e. The molecule has 4 aliphatic heterocycles. The molecule has 5 nitrogen and oxygen atoms in total. The van der Waals surface area contributed by atoms with Gasteiger partial charge in [-0.1, -0.05) is 0 Å². The molecule has 2 aromatic rings. The lowest BCUT2D eigenvalue weighted by Gasteiger charge is -2.52. The summed E-state index contributed by atoms with van der Waals surface area (Å²) in [5.74, 6) is 2.79. The van der Waals surface area contributed by atoms with Crippen LogP contribution in [0.15, 0.2) is 41.5 Å². The summed E-state index contributed by atoms with van der Waals surface area (Å²) in [6.07, 6.45) is 6.09. The van der Waals surface area contributed by atoms with Crippen molar-refractivity contribution < 1.29 is 4.74 Å². The summed E-state index contributed by atoms with van der Waals surface area (Å²) in [7, 11) is 1.68. The Balaban J connectivity index is 1.27. The van der Waals surface area contributed by atoms with Crippen molar-refractivity contribution in [3.8, 4) is 17.0 Å². The summed E-state index contributed by atoms with van der Waals surface area (Å²) < 4.78 is 5.23. The molecule has 1 spiro atoms. The molecule has 6 rings (SSSR count). The van der Waals surface area contributed by atoms with E-state index in [1.54, 1.807) is 18.4 Å². The lowest BCUT2D eigenvalue weighted by molar-refractivity contribution is 0.0189. The number of thiazole rings is 1. The number of nitrogens with one attached hydrogen (secondary N) is 2. The third kappa shape index (κ3) is 2.77. The molecule has 3 saturated heterocycles. The van der Waals surface area contributed by atoms with E-state index in [4.69, 9.17) is 9.72 Å². The van der Waals surface area contributed by atoms with Crippen LogP contribution in [-0.4, -0.2) is 42.2 Å². The highest BCUT2D eigenvalue weighted by molar-refractivity contribution is 7.14. The molecular weight excluding hydrogens is 344 g/mol. The Bertz CT molecular complexity index is 823. The average molecular weight is 369 g/mol. The van der Waals surface area contributed by atoms with E-state index in [-0.39, 0.29) is 5.54 Å². The van der Waals surface area contributed by atoms with Gasteiger partial charge in [-0.3, -0.25) is 0 Å². The van der Waals surface area contributed by atoms with E-state index < -0.39 is 0 Å². The van der Waals surface area contributed by atoms with Crippen LogP contribution in [0.4, 0.5) is 5.13 Å². The third-order valence-corrected chi connectivity index (χ3v) is 6.82. The van der Waals surface area contributed by atoms with Gasteiger partial charge in [-0.05, 0) is 68.6 Å². The topological polar surface area (TPSA) is 49.4 Å². The van der Waals surface area contributed by atoms with E-state index in [0.717, 1.165) is 40.3 Å². The quantitative estimate of drug-likeness (QED) is 0.865. The zero-order chi connectivity index (χ0) is 17.6. The number of hydrogen-bond donors (Lipinski definition) is 2. The highest BCUT2D eigenvalue weighted by atomic mass is 32.1. The standard InChI is InChI=1S/C20H24N4OS/c1-25-16-4-2-14(3-5-16)17-12-26-19(21-17)22-18-6-9-20(23-18)13-24-10-7-15(20)8-11-24/h2-6,12,15,23H,7-11,13H2,1H3,(H,21,22)/t20-/m1/s1. The molecular formula is C20H24N4OS.